The summed E-state index contributed by atoms with van der Waals surface area (Å²) in [5.74, 6) is 2.30. The van der Waals surface area contributed by atoms with Gasteiger partial charge in [-0.1, -0.05) is 19.1 Å². The predicted octanol–water partition coefficient (Wildman–Crippen LogP) is 4.60. The van der Waals surface area contributed by atoms with Crippen LogP contribution in [0.25, 0.3) is 17.2 Å². The predicted molar refractivity (Wildman–Crippen MR) is 162 cm³/mol. The summed E-state index contributed by atoms with van der Waals surface area (Å²) in [6.45, 7) is 5.33. The molecule has 0 spiro atoms. The number of para-hydroxylation sites is 2. The van der Waals surface area contributed by atoms with E-state index in [9.17, 15) is 25.9 Å². The van der Waals surface area contributed by atoms with Crippen LogP contribution in [0.3, 0.4) is 0 Å². The number of benzene rings is 2. The smallest absolute Gasteiger partial charge is 0.374 e. The largest absolute Gasteiger partial charge is 0.493 e. The first-order chi connectivity index (χ1) is 20.3. The number of aromatic nitrogens is 1. The second kappa shape index (κ2) is 13.0. The zero-order chi connectivity index (χ0) is 31.5. The zero-order valence-electron chi connectivity index (χ0n) is 24.7. The Hall–Kier alpha value is -3.59. The molecule has 43 heavy (non-hydrogen) atoms. The molecule has 0 bridgehead atoms. The third-order valence-electron chi connectivity index (χ3n) is 7.43. The quantitative estimate of drug-likeness (QED) is 0.199. The Morgan fingerprint density at radius 1 is 1.00 bits per heavy atom. The van der Waals surface area contributed by atoms with E-state index in [1.54, 1.807) is 12.1 Å². The van der Waals surface area contributed by atoms with E-state index in [0.29, 0.717) is 46.7 Å². The topological polar surface area (TPSA) is 157 Å². The van der Waals surface area contributed by atoms with Crippen LogP contribution in [0.15, 0.2) is 58.3 Å². The van der Waals surface area contributed by atoms with Crippen LogP contribution in [0.1, 0.15) is 45.9 Å². The molecule has 0 aliphatic carbocycles. The van der Waals surface area contributed by atoms with E-state index in [-0.39, 0.29) is 25.9 Å². The normalized spacial score (nSPS) is 16.3. The van der Waals surface area contributed by atoms with Crippen molar-refractivity contribution in [3.63, 3.8) is 0 Å². The fourth-order valence-corrected chi connectivity index (χ4v) is 5.45. The van der Waals surface area contributed by atoms with E-state index in [1.165, 1.54) is 28.1 Å². The minimum absolute atomic E-state index is 0.119. The highest BCUT2D eigenvalue weighted by atomic mass is 32.2. The van der Waals surface area contributed by atoms with Gasteiger partial charge < -0.3 is 23.5 Å². The van der Waals surface area contributed by atoms with E-state index in [0.717, 1.165) is 11.1 Å². The van der Waals surface area contributed by atoms with Crippen LogP contribution in [0.5, 0.6) is 17.2 Å². The van der Waals surface area contributed by atoms with Gasteiger partial charge in [0.25, 0.3) is 25.8 Å². The van der Waals surface area contributed by atoms with Crippen molar-refractivity contribution in [3.05, 3.63) is 59.8 Å². The number of methoxy groups -OCH3 is 2. The molecule has 0 fully saturated rings. The maximum atomic E-state index is 11.7. The summed E-state index contributed by atoms with van der Waals surface area (Å²) in [6.07, 6.45) is 4.49. The van der Waals surface area contributed by atoms with E-state index in [4.69, 9.17) is 18.6 Å². The lowest BCUT2D eigenvalue weighted by Crippen LogP contribution is -2.37. The summed E-state index contributed by atoms with van der Waals surface area (Å²) in [6, 6.07) is 10.8. The van der Waals surface area contributed by atoms with Gasteiger partial charge in [0.1, 0.15) is 0 Å². The van der Waals surface area contributed by atoms with Crippen molar-refractivity contribution in [2.45, 2.75) is 57.1 Å². The number of nitrogens with zero attached hydrogens (tertiary/aromatic N) is 2. The van der Waals surface area contributed by atoms with Gasteiger partial charge in [-0.2, -0.15) is 21.4 Å². The van der Waals surface area contributed by atoms with Gasteiger partial charge in [0.05, 0.1) is 36.5 Å². The van der Waals surface area contributed by atoms with Crippen LogP contribution in [0, 0.1) is 0 Å². The van der Waals surface area contributed by atoms with Gasteiger partial charge >= 0.3 is 5.89 Å². The Labute approximate surface area is 251 Å². The number of hydrogen-bond acceptors (Lipinski definition) is 9. The van der Waals surface area contributed by atoms with Crippen molar-refractivity contribution in [2.24, 2.45) is 0 Å². The van der Waals surface area contributed by atoms with Crippen molar-refractivity contribution in [3.8, 4) is 17.2 Å². The number of fused-ring (bicyclic) bond motifs is 2. The van der Waals surface area contributed by atoms with E-state index in [2.05, 4.69) is 0 Å². The molecule has 3 aromatic rings. The summed E-state index contributed by atoms with van der Waals surface area (Å²) in [7, 11) is -5.40. The number of ether oxygens (including phenoxy) is 3. The fourth-order valence-electron chi connectivity index (χ4n) is 4.64. The molecule has 0 saturated heterocycles. The molecule has 2 unspecified atom stereocenters. The van der Waals surface area contributed by atoms with Crippen molar-refractivity contribution in [1.29, 1.82) is 0 Å². The Morgan fingerprint density at radius 3 is 2.26 bits per heavy atom. The highest BCUT2D eigenvalue weighted by Gasteiger charge is 2.31. The van der Waals surface area contributed by atoms with Crippen LogP contribution in [0.2, 0.25) is 0 Å². The molecule has 2 atom stereocenters. The van der Waals surface area contributed by atoms with Crippen molar-refractivity contribution >= 4 is 43.1 Å². The zero-order valence-corrected chi connectivity index (χ0v) is 26.3. The molecule has 2 aromatic carbocycles. The number of anilines is 1. The van der Waals surface area contributed by atoms with Gasteiger partial charge in [-0.3, -0.25) is 9.11 Å². The third-order valence-corrected chi connectivity index (χ3v) is 9.94. The summed E-state index contributed by atoms with van der Waals surface area (Å²) < 4.78 is 90.8. The summed E-state index contributed by atoms with van der Waals surface area (Å²) in [4.78, 5) is 1.81. The standard InChI is InChI=1S/C29H36N2O10S2/c1-6-21(15-28-30(13-11-19(2)42(32,33)34)22-9-7-8-10-24(22)40-28)16-29-31(14-12-20(3)43(35,36)37)23-17-26(38-4)27(39-5)18-25(23)41-29/h7-10,15-20H,6,11-14H2,1-5H3,(H-,32,33,34,35,36,37)/p+1. The van der Waals surface area contributed by atoms with Gasteiger partial charge in [0.2, 0.25) is 11.5 Å². The van der Waals surface area contributed by atoms with Gasteiger partial charge in [-0.05, 0) is 38.3 Å². The van der Waals surface area contributed by atoms with Crippen LogP contribution < -0.4 is 23.7 Å². The first-order valence-electron chi connectivity index (χ1n) is 13.7. The maximum Gasteiger partial charge on any atom is 0.374 e. The van der Waals surface area contributed by atoms with Crippen LogP contribution in [-0.2, 0) is 26.8 Å². The van der Waals surface area contributed by atoms with E-state index >= 15 is 0 Å². The molecule has 0 saturated carbocycles. The van der Waals surface area contributed by atoms with Gasteiger partial charge in [-0.25, -0.2) is 0 Å². The fraction of sp³-hybridized carbons (Fsp3) is 0.414. The van der Waals surface area contributed by atoms with Crippen molar-refractivity contribution in [1.82, 2.24) is 0 Å². The number of oxazole rings is 1. The number of rotatable bonds is 13. The monoisotopic (exact) mass is 637 g/mol. The molecule has 1 aromatic heterocycles. The highest BCUT2D eigenvalue weighted by molar-refractivity contribution is 7.86. The minimum Gasteiger partial charge on any atom is -0.493 e. The van der Waals surface area contributed by atoms with Crippen molar-refractivity contribution in [2.75, 3.05) is 25.7 Å². The second-order valence-electron chi connectivity index (χ2n) is 10.3. The summed E-state index contributed by atoms with van der Waals surface area (Å²) in [5.41, 5.74) is 2.81. The highest BCUT2D eigenvalue weighted by Crippen LogP contribution is 2.46. The Bertz CT molecular complexity index is 1760. The number of aryl methyl sites for hydroxylation is 1. The minimum atomic E-state index is -4.23. The first kappa shape index (κ1) is 32.3. The Morgan fingerprint density at radius 2 is 1.63 bits per heavy atom. The lowest BCUT2D eigenvalue weighted by atomic mass is 10.1. The third kappa shape index (κ3) is 7.32. The molecule has 234 valence electrons. The average molecular weight is 638 g/mol. The molecule has 1 aliphatic heterocycles. The molecule has 0 radical (unpaired) electrons. The van der Waals surface area contributed by atoms with Crippen LogP contribution in [0.4, 0.5) is 5.69 Å². The average Bonchev–Trinajstić information content (AvgIpc) is 3.48. The Balaban J connectivity index is 1.75. The molecule has 0 amide bonds. The molecule has 4 rings (SSSR count). The van der Waals surface area contributed by atoms with Gasteiger partial charge in [0.15, 0.2) is 23.8 Å². The first-order valence-corrected chi connectivity index (χ1v) is 16.7. The van der Waals surface area contributed by atoms with Gasteiger partial charge in [-0.15, -0.1) is 0 Å². The van der Waals surface area contributed by atoms with Crippen LogP contribution in [-0.4, -0.2) is 57.2 Å². The van der Waals surface area contributed by atoms with E-state index in [1.807, 2.05) is 52.8 Å². The Kier molecular flexibility index (Phi) is 9.74. The summed E-state index contributed by atoms with van der Waals surface area (Å²) >= 11 is 0. The maximum absolute atomic E-state index is 11.7. The lowest BCUT2D eigenvalue weighted by Gasteiger charge is -2.20. The molecule has 12 nitrogen and oxygen atoms in total. The molecular weight excluding hydrogens is 600 g/mol. The van der Waals surface area contributed by atoms with Crippen LogP contribution >= 0.6 is 0 Å². The SMILES string of the molecule is CCC(=Cc1oc2ccccc2[n+]1CCC(C)S(=O)(=O)O)C=C1Oc2cc(OC)c(OC)cc2N1CCC(C)S(=O)(=O)O. The molecule has 14 heteroatoms. The number of hydrogen-bond donors (Lipinski definition) is 2. The molecule has 2 N–H and O–H groups in total. The van der Waals surface area contributed by atoms with Gasteiger partial charge in [0, 0.05) is 37.2 Å². The number of allylic oxidation sites excluding steroid dienone is 2. The van der Waals surface area contributed by atoms with Crippen molar-refractivity contribution < 1.29 is 49.1 Å². The molecule has 1 aliphatic rings. The molecule has 2 heterocycles. The molecular formula is C29H37N2O10S2+. The summed E-state index contributed by atoms with van der Waals surface area (Å²) in [5, 5.41) is -1.96. The lowest BCUT2D eigenvalue weighted by molar-refractivity contribution is -0.678. The van der Waals surface area contributed by atoms with E-state index < -0.39 is 30.7 Å². The second-order valence-corrected chi connectivity index (χ2v) is 13.9.